The van der Waals surface area contributed by atoms with Crippen LogP contribution < -0.4 is 14.8 Å². The molecule has 8 heteroatoms. The average Bonchev–Trinajstić information content (AvgIpc) is 3.22. The van der Waals surface area contributed by atoms with E-state index in [1.165, 1.54) is 36.7 Å². The molecule has 4 rings (SSSR count). The monoisotopic (exact) mass is 465 g/mol. The lowest BCUT2D eigenvalue weighted by Crippen LogP contribution is -2.29. The van der Waals surface area contributed by atoms with Crippen molar-refractivity contribution >= 4 is 33.1 Å². The Morgan fingerprint density at radius 1 is 1.09 bits per heavy atom. The Kier molecular flexibility index (Phi) is 6.55. The van der Waals surface area contributed by atoms with Crippen LogP contribution >= 0.6 is 11.3 Å². The largest absolute Gasteiger partial charge is 0.493 e. The lowest BCUT2D eigenvalue weighted by atomic mass is 9.96. The quantitative estimate of drug-likeness (QED) is 0.349. The maximum absolute atomic E-state index is 13.4. The van der Waals surface area contributed by atoms with Gasteiger partial charge in [0.05, 0.1) is 18.6 Å². The summed E-state index contributed by atoms with van der Waals surface area (Å²) in [5.74, 6) is 0.734. The fraction of sp³-hybridized carbons (Fsp3) is 0.240. The number of amides is 1. The van der Waals surface area contributed by atoms with E-state index in [4.69, 9.17) is 9.47 Å². The van der Waals surface area contributed by atoms with Gasteiger partial charge in [0.2, 0.25) is 11.8 Å². The Morgan fingerprint density at radius 3 is 2.61 bits per heavy atom. The summed E-state index contributed by atoms with van der Waals surface area (Å²) in [7, 11) is 0. The Bertz CT molecular complexity index is 1270. The summed E-state index contributed by atoms with van der Waals surface area (Å²) in [6, 6.07) is 13.6. The molecule has 0 radical (unpaired) electrons. The minimum atomic E-state index is -0.326. The molecule has 0 saturated carbocycles. The number of anilines is 1. The highest BCUT2D eigenvalue weighted by Gasteiger charge is 2.23. The van der Waals surface area contributed by atoms with E-state index in [1.54, 1.807) is 18.2 Å². The molecule has 2 aromatic carbocycles. The van der Waals surface area contributed by atoms with Crippen molar-refractivity contribution < 1.29 is 18.7 Å². The van der Waals surface area contributed by atoms with Crippen LogP contribution in [0.4, 0.5) is 10.1 Å². The first-order chi connectivity index (χ1) is 15.8. The molecule has 4 aromatic rings. The lowest BCUT2D eigenvalue weighted by Gasteiger charge is -2.25. The van der Waals surface area contributed by atoms with E-state index in [0.29, 0.717) is 30.5 Å². The van der Waals surface area contributed by atoms with Gasteiger partial charge in [0.15, 0.2) is 0 Å². The van der Waals surface area contributed by atoms with Crippen molar-refractivity contribution in [3.63, 3.8) is 0 Å². The first kappa shape index (κ1) is 22.7. The van der Waals surface area contributed by atoms with Crippen LogP contribution in [0, 0.1) is 11.2 Å². The smallest absolute Gasteiger partial charge is 0.226 e. The normalized spacial score (nSPS) is 11.4. The molecule has 1 amide bonds. The Hall–Kier alpha value is -3.52. The molecule has 2 aromatic heterocycles. The molecular formula is C25H24FN3O3S. The topological polar surface area (TPSA) is 73.3 Å². The highest BCUT2D eigenvalue weighted by atomic mass is 32.1. The van der Waals surface area contributed by atoms with Crippen molar-refractivity contribution in [2.75, 3.05) is 18.5 Å². The van der Waals surface area contributed by atoms with E-state index in [2.05, 4.69) is 15.3 Å². The van der Waals surface area contributed by atoms with Gasteiger partial charge in [-0.05, 0) is 29.8 Å². The number of benzene rings is 2. The number of aromatic nitrogens is 2. The molecule has 0 fully saturated rings. The van der Waals surface area contributed by atoms with Crippen LogP contribution in [-0.2, 0) is 4.79 Å². The Balaban J connectivity index is 1.47. The molecule has 0 aliphatic carbocycles. The molecular weight excluding hydrogens is 441 g/mol. The van der Waals surface area contributed by atoms with E-state index < -0.39 is 0 Å². The molecule has 0 spiro atoms. The summed E-state index contributed by atoms with van der Waals surface area (Å²) < 4.78 is 25.5. The summed E-state index contributed by atoms with van der Waals surface area (Å²) in [6.07, 6.45) is 1.49. The van der Waals surface area contributed by atoms with Crippen molar-refractivity contribution in [2.45, 2.75) is 20.8 Å². The number of halogens is 1. The fourth-order valence-electron chi connectivity index (χ4n) is 3.25. The van der Waals surface area contributed by atoms with Crippen molar-refractivity contribution in [1.29, 1.82) is 0 Å². The third-order valence-corrected chi connectivity index (χ3v) is 5.76. The van der Waals surface area contributed by atoms with Crippen LogP contribution in [0.5, 0.6) is 11.6 Å². The van der Waals surface area contributed by atoms with Gasteiger partial charge in [-0.2, -0.15) is 0 Å². The van der Waals surface area contributed by atoms with Crippen LogP contribution in [0.3, 0.4) is 0 Å². The SMILES string of the molecule is CC(=O)Nc1cccc(OCC(C)(C)COc2ncnc3scc(-c4ccc(F)cc4)c23)c1. The molecule has 0 aliphatic rings. The van der Waals surface area contributed by atoms with Crippen LogP contribution in [0.1, 0.15) is 20.8 Å². The zero-order valence-corrected chi connectivity index (χ0v) is 19.4. The second kappa shape index (κ2) is 9.54. The number of hydrogen-bond donors (Lipinski definition) is 1. The number of nitrogens with one attached hydrogen (secondary N) is 1. The second-order valence-electron chi connectivity index (χ2n) is 8.47. The van der Waals surface area contributed by atoms with Gasteiger partial charge in [0.25, 0.3) is 0 Å². The summed E-state index contributed by atoms with van der Waals surface area (Å²) in [6.45, 7) is 6.31. The Labute approximate surface area is 195 Å². The number of rotatable bonds is 8. The number of carbonyl (C=O) groups excluding carboxylic acids is 1. The molecule has 170 valence electrons. The molecule has 0 saturated heterocycles. The Morgan fingerprint density at radius 2 is 1.85 bits per heavy atom. The highest BCUT2D eigenvalue weighted by Crippen LogP contribution is 2.38. The third-order valence-electron chi connectivity index (χ3n) is 4.87. The van der Waals surface area contributed by atoms with E-state index in [1.807, 2.05) is 37.4 Å². The van der Waals surface area contributed by atoms with Crippen LogP contribution in [-0.4, -0.2) is 29.1 Å². The van der Waals surface area contributed by atoms with E-state index >= 15 is 0 Å². The van der Waals surface area contributed by atoms with Gasteiger partial charge in [-0.15, -0.1) is 11.3 Å². The molecule has 0 atom stereocenters. The van der Waals surface area contributed by atoms with E-state index in [0.717, 1.165) is 21.3 Å². The average molecular weight is 466 g/mol. The van der Waals surface area contributed by atoms with Crippen molar-refractivity contribution in [1.82, 2.24) is 9.97 Å². The van der Waals surface area contributed by atoms with Gasteiger partial charge < -0.3 is 14.8 Å². The first-order valence-corrected chi connectivity index (χ1v) is 11.3. The standard InChI is InChI=1S/C25H24FN3O3S/c1-16(30)29-19-5-4-6-20(11-19)31-13-25(2,3)14-32-23-22-21(12-33-24(22)28-15-27-23)17-7-9-18(26)10-8-17/h4-12,15H,13-14H2,1-3H3,(H,29,30). The molecule has 0 bridgehead atoms. The van der Waals surface area contributed by atoms with Gasteiger partial charge in [-0.25, -0.2) is 14.4 Å². The third kappa shape index (κ3) is 5.64. The molecule has 1 N–H and O–H groups in total. The maximum atomic E-state index is 13.4. The van der Waals surface area contributed by atoms with Gasteiger partial charge in [0, 0.05) is 35.0 Å². The summed E-state index contributed by atoms with van der Waals surface area (Å²) in [5, 5.41) is 5.54. The summed E-state index contributed by atoms with van der Waals surface area (Å²) in [4.78, 5) is 20.8. The van der Waals surface area contributed by atoms with Gasteiger partial charge in [-0.1, -0.05) is 32.0 Å². The number of carbonyl (C=O) groups is 1. The zero-order valence-electron chi connectivity index (χ0n) is 18.6. The zero-order chi connectivity index (χ0) is 23.4. The van der Waals surface area contributed by atoms with Crippen LogP contribution in [0.15, 0.2) is 60.2 Å². The van der Waals surface area contributed by atoms with Gasteiger partial charge in [0.1, 0.15) is 22.7 Å². The summed E-state index contributed by atoms with van der Waals surface area (Å²) in [5.41, 5.74) is 2.15. The predicted octanol–water partition coefficient (Wildman–Crippen LogP) is 5.94. The van der Waals surface area contributed by atoms with Crippen LogP contribution in [0.2, 0.25) is 0 Å². The molecule has 33 heavy (non-hydrogen) atoms. The fourth-order valence-corrected chi connectivity index (χ4v) is 4.16. The minimum absolute atomic E-state index is 0.134. The van der Waals surface area contributed by atoms with E-state index in [9.17, 15) is 9.18 Å². The number of nitrogens with zero attached hydrogens (tertiary/aromatic N) is 2. The minimum Gasteiger partial charge on any atom is -0.493 e. The predicted molar refractivity (Wildman–Crippen MR) is 128 cm³/mol. The van der Waals surface area contributed by atoms with Crippen LogP contribution in [0.25, 0.3) is 21.3 Å². The first-order valence-electron chi connectivity index (χ1n) is 10.4. The van der Waals surface area contributed by atoms with Crippen molar-refractivity contribution in [3.05, 3.63) is 66.1 Å². The molecule has 2 heterocycles. The number of hydrogen-bond acceptors (Lipinski definition) is 6. The molecule has 6 nitrogen and oxygen atoms in total. The van der Waals surface area contributed by atoms with Gasteiger partial charge >= 0.3 is 0 Å². The molecule has 0 aliphatic heterocycles. The molecule has 0 unspecified atom stereocenters. The summed E-state index contributed by atoms with van der Waals surface area (Å²) >= 11 is 1.49. The number of ether oxygens (including phenoxy) is 2. The maximum Gasteiger partial charge on any atom is 0.226 e. The van der Waals surface area contributed by atoms with Crippen molar-refractivity contribution in [2.24, 2.45) is 5.41 Å². The second-order valence-corrected chi connectivity index (χ2v) is 9.32. The number of thiophene rings is 1. The van der Waals surface area contributed by atoms with Gasteiger partial charge in [-0.3, -0.25) is 4.79 Å². The van der Waals surface area contributed by atoms with Crippen molar-refractivity contribution in [3.8, 4) is 22.8 Å². The lowest BCUT2D eigenvalue weighted by molar-refractivity contribution is -0.114. The van der Waals surface area contributed by atoms with E-state index in [-0.39, 0.29) is 17.1 Å². The number of fused-ring (bicyclic) bond motifs is 1. The highest BCUT2D eigenvalue weighted by molar-refractivity contribution is 7.17.